The first-order valence-corrected chi connectivity index (χ1v) is 16.6. The molecule has 0 radical (unpaired) electrons. The van der Waals surface area contributed by atoms with Crippen molar-refractivity contribution < 1.29 is 39.9 Å². The highest BCUT2D eigenvalue weighted by atomic mass is 32.1. The average Bonchev–Trinajstić information content (AvgIpc) is 3.84. The Hall–Kier alpha value is -4.10. The van der Waals surface area contributed by atoms with Gasteiger partial charge >= 0.3 is 0 Å². The Morgan fingerprint density at radius 1 is 0.511 bits per heavy atom. The number of unbranched alkanes of at least 4 members (excludes halogenated alkanes) is 3. The highest BCUT2D eigenvalue weighted by Gasteiger charge is 2.26. The van der Waals surface area contributed by atoms with Crippen molar-refractivity contribution in [3.63, 3.8) is 0 Å². The summed E-state index contributed by atoms with van der Waals surface area (Å²) in [4.78, 5) is 3.98. The molecule has 12 heteroatoms. The first kappa shape index (κ1) is 34.2. The zero-order valence-corrected chi connectivity index (χ0v) is 27.1. The van der Waals surface area contributed by atoms with Gasteiger partial charge in [0.2, 0.25) is 11.6 Å². The SMILES string of the molecule is CCCCCCOc1c(F)c(F)c(C#Cc2ccc(-c3ccc(-c4ccc(C#Cc5c(F)c(F)c(C)c(F)c5F)s4)s3)s2)c(F)c1F. The highest BCUT2D eigenvalue weighted by molar-refractivity contribution is 7.26. The monoisotopic (exact) mass is 706 g/mol. The number of hydrogen-bond donors (Lipinski definition) is 0. The molecule has 5 aromatic rings. The molecule has 0 atom stereocenters. The summed E-state index contributed by atoms with van der Waals surface area (Å²) < 4.78 is 119. The van der Waals surface area contributed by atoms with Crippen LogP contribution in [0.25, 0.3) is 19.5 Å². The molecule has 0 spiro atoms. The zero-order chi connectivity index (χ0) is 33.8. The van der Waals surface area contributed by atoms with E-state index < -0.39 is 69.0 Å². The molecule has 0 fully saturated rings. The molecule has 0 aliphatic carbocycles. The fourth-order valence-electron chi connectivity index (χ4n) is 4.33. The Balaban J connectivity index is 1.31. The molecule has 0 unspecified atom stereocenters. The van der Waals surface area contributed by atoms with Crippen LogP contribution in [0.5, 0.6) is 5.75 Å². The van der Waals surface area contributed by atoms with Crippen molar-refractivity contribution in [3.8, 4) is 48.9 Å². The van der Waals surface area contributed by atoms with Crippen molar-refractivity contribution in [3.05, 3.63) is 109 Å². The van der Waals surface area contributed by atoms with E-state index in [9.17, 15) is 35.1 Å². The summed E-state index contributed by atoms with van der Waals surface area (Å²) in [5.41, 5.74) is -2.79. The van der Waals surface area contributed by atoms with Gasteiger partial charge in [-0.15, -0.1) is 34.0 Å². The van der Waals surface area contributed by atoms with Gasteiger partial charge in [-0.25, -0.2) is 26.3 Å². The molecule has 0 aliphatic heterocycles. The fraction of sp³-hybridized carbons (Fsp3) is 0.200. The van der Waals surface area contributed by atoms with E-state index in [1.807, 2.05) is 19.1 Å². The first-order chi connectivity index (χ1) is 22.5. The standard InChI is InChI=1S/C35H22F8OS3/c1-3-4-5-6-17-44-35-33(42)31(40)22(32(41)34(35)43)12-8-20-10-14-24(46-20)26-16-15-25(47-26)23-13-9-19(45-23)7-11-21-29(38)27(36)18(2)28(37)30(21)39/h9-10,13-16H,3-6,17H2,1-2H3. The third-order valence-electron chi connectivity index (χ3n) is 6.88. The van der Waals surface area contributed by atoms with Crippen LogP contribution in [0.2, 0.25) is 0 Å². The number of thiophene rings is 3. The molecule has 3 heterocycles. The smallest absolute Gasteiger partial charge is 0.205 e. The third-order valence-corrected chi connectivity index (χ3v) is 10.4. The Morgan fingerprint density at radius 2 is 0.936 bits per heavy atom. The van der Waals surface area contributed by atoms with Crippen molar-refractivity contribution in [1.82, 2.24) is 0 Å². The quantitative estimate of drug-likeness (QED) is 0.0676. The molecule has 3 aromatic heterocycles. The van der Waals surface area contributed by atoms with E-state index in [0.717, 1.165) is 45.7 Å². The van der Waals surface area contributed by atoms with Crippen LogP contribution < -0.4 is 4.74 Å². The van der Waals surface area contributed by atoms with Crippen LogP contribution in [0.15, 0.2) is 36.4 Å². The molecule has 0 amide bonds. The van der Waals surface area contributed by atoms with E-state index in [-0.39, 0.29) is 6.61 Å². The number of halogens is 8. The summed E-state index contributed by atoms with van der Waals surface area (Å²) in [5.74, 6) is -4.23. The lowest BCUT2D eigenvalue weighted by molar-refractivity contribution is 0.263. The molecule has 0 saturated heterocycles. The minimum atomic E-state index is -1.64. The van der Waals surface area contributed by atoms with E-state index in [2.05, 4.69) is 23.7 Å². The van der Waals surface area contributed by atoms with Gasteiger partial charge in [0.05, 0.1) is 16.4 Å². The molecule has 47 heavy (non-hydrogen) atoms. The van der Waals surface area contributed by atoms with E-state index in [1.165, 1.54) is 34.0 Å². The normalized spacial score (nSPS) is 10.9. The van der Waals surface area contributed by atoms with Gasteiger partial charge < -0.3 is 4.74 Å². The van der Waals surface area contributed by atoms with Crippen molar-refractivity contribution in [2.24, 2.45) is 0 Å². The van der Waals surface area contributed by atoms with E-state index >= 15 is 0 Å². The second kappa shape index (κ2) is 14.8. The van der Waals surface area contributed by atoms with E-state index in [4.69, 9.17) is 4.74 Å². The van der Waals surface area contributed by atoms with E-state index in [1.54, 1.807) is 24.3 Å². The number of ether oxygens (including phenoxy) is 1. The molecule has 242 valence electrons. The first-order valence-electron chi connectivity index (χ1n) is 14.2. The number of rotatable bonds is 8. The zero-order valence-electron chi connectivity index (χ0n) is 24.7. The summed E-state index contributed by atoms with van der Waals surface area (Å²) >= 11 is 3.80. The van der Waals surface area contributed by atoms with Crippen LogP contribution in [-0.4, -0.2) is 6.61 Å². The van der Waals surface area contributed by atoms with Crippen molar-refractivity contribution in [1.29, 1.82) is 0 Å². The van der Waals surface area contributed by atoms with Crippen LogP contribution in [0, 0.1) is 77.1 Å². The molecule has 0 N–H and O–H groups in total. The van der Waals surface area contributed by atoms with Gasteiger partial charge in [0.15, 0.2) is 40.7 Å². The predicted octanol–water partition coefficient (Wildman–Crippen LogP) is 11.4. The Bertz CT molecular complexity index is 2030. The summed E-state index contributed by atoms with van der Waals surface area (Å²) in [6, 6.07) is 10.4. The van der Waals surface area contributed by atoms with Crippen molar-refractivity contribution in [2.75, 3.05) is 6.61 Å². The van der Waals surface area contributed by atoms with Gasteiger partial charge in [-0.2, -0.15) is 8.78 Å². The van der Waals surface area contributed by atoms with E-state index in [0.29, 0.717) is 16.2 Å². The van der Waals surface area contributed by atoms with Crippen LogP contribution in [0.4, 0.5) is 35.1 Å². The Morgan fingerprint density at radius 3 is 1.40 bits per heavy atom. The van der Waals surface area contributed by atoms with Gasteiger partial charge in [-0.3, -0.25) is 0 Å². The second-order valence-corrected chi connectivity index (χ2v) is 13.4. The van der Waals surface area contributed by atoms with Gasteiger partial charge in [0.25, 0.3) is 0 Å². The Labute approximate surface area is 277 Å². The van der Waals surface area contributed by atoms with Crippen LogP contribution >= 0.6 is 34.0 Å². The van der Waals surface area contributed by atoms with Gasteiger partial charge in [0.1, 0.15) is 11.1 Å². The average molecular weight is 707 g/mol. The maximum atomic E-state index is 14.7. The molecule has 0 bridgehead atoms. The molecule has 5 rings (SSSR count). The topological polar surface area (TPSA) is 9.23 Å². The van der Waals surface area contributed by atoms with Crippen LogP contribution in [0.3, 0.4) is 0 Å². The van der Waals surface area contributed by atoms with Crippen LogP contribution in [0.1, 0.15) is 59.1 Å². The largest absolute Gasteiger partial charge is 0.487 e. The van der Waals surface area contributed by atoms with Gasteiger partial charge in [-0.1, -0.05) is 49.9 Å². The predicted molar refractivity (Wildman–Crippen MR) is 170 cm³/mol. The fourth-order valence-corrected chi connectivity index (χ4v) is 7.23. The summed E-state index contributed by atoms with van der Waals surface area (Å²) in [6.45, 7) is 2.84. The maximum Gasteiger partial charge on any atom is 0.205 e. The van der Waals surface area contributed by atoms with Crippen molar-refractivity contribution in [2.45, 2.75) is 39.5 Å². The molecule has 0 aliphatic rings. The van der Waals surface area contributed by atoms with Gasteiger partial charge in [0, 0.05) is 25.1 Å². The number of benzene rings is 2. The minimum Gasteiger partial charge on any atom is -0.487 e. The second-order valence-electron chi connectivity index (χ2n) is 10.1. The summed E-state index contributed by atoms with van der Waals surface area (Å²) in [7, 11) is 0. The van der Waals surface area contributed by atoms with Crippen molar-refractivity contribution >= 4 is 34.0 Å². The Kier molecular flexibility index (Phi) is 10.8. The lowest BCUT2D eigenvalue weighted by Crippen LogP contribution is -2.08. The molecule has 1 nitrogen and oxygen atoms in total. The highest BCUT2D eigenvalue weighted by Crippen LogP contribution is 2.40. The number of hydrogen-bond acceptors (Lipinski definition) is 4. The lowest BCUT2D eigenvalue weighted by atomic mass is 10.1. The maximum absolute atomic E-state index is 14.7. The third kappa shape index (κ3) is 7.25. The van der Waals surface area contributed by atoms with Crippen LogP contribution in [-0.2, 0) is 0 Å². The summed E-state index contributed by atoms with van der Waals surface area (Å²) in [5, 5.41) is 0. The molecule has 2 aromatic carbocycles. The molecular weight excluding hydrogens is 685 g/mol. The van der Waals surface area contributed by atoms with Gasteiger partial charge in [-0.05, 0) is 49.7 Å². The lowest BCUT2D eigenvalue weighted by Gasteiger charge is -2.10. The minimum absolute atomic E-state index is 0.0804. The molecule has 0 saturated carbocycles. The summed E-state index contributed by atoms with van der Waals surface area (Å²) in [6.07, 6.45) is 3.07. The molecular formula is C35H22F8OS3.